The number of nitrogens with one attached hydrogen (secondary N) is 1. The van der Waals surface area contributed by atoms with Gasteiger partial charge in [-0.1, -0.05) is 49.6 Å². The lowest BCUT2D eigenvalue weighted by atomic mass is 9.95. The molecule has 2 aromatic carbocycles. The molecule has 2 aromatic rings. The first-order chi connectivity index (χ1) is 15.0. The molecule has 0 saturated heterocycles. The van der Waals surface area contributed by atoms with Crippen LogP contribution in [0.5, 0.6) is 5.75 Å². The van der Waals surface area contributed by atoms with Crippen LogP contribution in [0.4, 0.5) is 4.39 Å². The van der Waals surface area contributed by atoms with E-state index in [1.54, 1.807) is 32.2 Å². The number of benzene rings is 2. The first-order valence-corrected chi connectivity index (χ1v) is 10.9. The molecule has 6 heteroatoms. The normalized spacial score (nSPS) is 15.2. The van der Waals surface area contributed by atoms with Crippen LogP contribution in [-0.2, 0) is 22.6 Å². The smallest absolute Gasteiger partial charge is 0.242 e. The zero-order valence-corrected chi connectivity index (χ0v) is 18.3. The number of methoxy groups -OCH3 is 1. The molecule has 1 aliphatic rings. The van der Waals surface area contributed by atoms with Gasteiger partial charge < -0.3 is 15.0 Å². The summed E-state index contributed by atoms with van der Waals surface area (Å²) in [5.74, 6) is -0.148. The highest BCUT2D eigenvalue weighted by atomic mass is 19.1. The van der Waals surface area contributed by atoms with Gasteiger partial charge in [0.05, 0.1) is 13.5 Å². The summed E-state index contributed by atoms with van der Waals surface area (Å²) in [5, 5.41) is 3.11. The molecule has 1 saturated carbocycles. The van der Waals surface area contributed by atoms with Crippen LogP contribution in [0.25, 0.3) is 0 Å². The Hall–Kier alpha value is -2.89. The first-order valence-electron chi connectivity index (χ1n) is 10.9. The van der Waals surface area contributed by atoms with Crippen molar-refractivity contribution in [1.29, 1.82) is 0 Å². The molecule has 166 valence electrons. The second kappa shape index (κ2) is 10.9. The predicted octanol–water partition coefficient (Wildman–Crippen LogP) is 4.24. The Kier molecular flexibility index (Phi) is 8.04. The van der Waals surface area contributed by atoms with E-state index in [-0.39, 0.29) is 30.8 Å². The van der Waals surface area contributed by atoms with Gasteiger partial charge in [-0.25, -0.2) is 4.39 Å². The summed E-state index contributed by atoms with van der Waals surface area (Å²) in [7, 11) is 1.59. The highest BCUT2D eigenvalue weighted by molar-refractivity contribution is 5.88. The maximum atomic E-state index is 14.1. The van der Waals surface area contributed by atoms with Gasteiger partial charge >= 0.3 is 0 Å². The van der Waals surface area contributed by atoms with Crippen LogP contribution in [-0.4, -0.2) is 35.9 Å². The third kappa shape index (κ3) is 6.29. The third-order valence-electron chi connectivity index (χ3n) is 5.93. The average Bonchev–Trinajstić information content (AvgIpc) is 2.79. The fourth-order valence-corrected chi connectivity index (χ4v) is 3.99. The molecule has 0 unspecified atom stereocenters. The number of carbonyl (C=O) groups excluding carboxylic acids is 2. The highest BCUT2D eigenvalue weighted by Crippen LogP contribution is 2.19. The summed E-state index contributed by atoms with van der Waals surface area (Å²) < 4.78 is 19.3. The Morgan fingerprint density at radius 2 is 1.77 bits per heavy atom. The van der Waals surface area contributed by atoms with Gasteiger partial charge in [0, 0.05) is 12.6 Å². The zero-order chi connectivity index (χ0) is 22.2. The van der Waals surface area contributed by atoms with E-state index in [0.29, 0.717) is 5.56 Å². The molecule has 31 heavy (non-hydrogen) atoms. The third-order valence-corrected chi connectivity index (χ3v) is 5.93. The number of amides is 2. The van der Waals surface area contributed by atoms with Crippen molar-refractivity contribution in [2.24, 2.45) is 0 Å². The number of hydrogen-bond acceptors (Lipinski definition) is 3. The standard InChI is InChI=1S/C25H31FN2O3/c1-18(25(30)27-21-9-4-3-5-10-21)28(17-19-12-14-22(31-2)15-13-19)24(29)16-20-8-6-7-11-23(20)26/h6-8,11-15,18,21H,3-5,9-10,16-17H2,1-2H3,(H,27,30)/t18-/m1/s1. The quantitative estimate of drug-likeness (QED) is 0.687. The Morgan fingerprint density at radius 1 is 1.10 bits per heavy atom. The van der Waals surface area contributed by atoms with Gasteiger partial charge in [0.1, 0.15) is 17.6 Å². The monoisotopic (exact) mass is 426 g/mol. The van der Waals surface area contributed by atoms with Gasteiger partial charge in [-0.05, 0) is 49.1 Å². The maximum Gasteiger partial charge on any atom is 0.242 e. The van der Waals surface area contributed by atoms with E-state index in [4.69, 9.17) is 4.74 Å². The molecule has 2 amide bonds. The zero-order valence-electron chi connectivity index (χ0n) is 18.3. The Labute approximate surface area is 183 Å². The topological polar surface area (TPSA) is 58.6 Å². The van der Waals surface area contributed by atoms with Gasteiger partial charge in [-0.2, -0.15) is 0 Å². The minimum atomic E-state index is -0.664. The van der Waals surface area contributed by atoms with Crippen molar-refractivity contribution in [1.82, 2.24) is 10.2 Å². The molecule has 0 aromatic heterocycles. The van der Waals surface area contributed by atoms with Crippen molar-refractivity contribution in [2.75, 3.05) is 7.11 Å². The highest BCUT2D eigenvalue weighted by Gasteiger charge is 2.28. The molecular weight excluding hydrogens is 395 g/mol. The molecule has 5 nitrogen and oxygen atoms in total. The van der Waals surface area contributed by atoms with Crippen LogP contribution >= 0.6 is 0 Å². The van der Waals surface area contributed by atoms with Gasteiger partial charge in [-0.15, -0.1) is 0 Å². The predicted molar refractivity (Wildman–Crippen MR) is 118 cm³/mol. The fourth-order valence-electron chi connectivity index (χ4n) is 3.99. The van der Waals surface area contributed by atoms with Crippen LogP contribution in [0.3, 0.4) is 0 Å². The van der Waals surface area contributed by atoms with E-state index in [1.807, 2.05) is 24.3 Å². The van der Waals surface area contributed by atoms with Gasteiger partial charge in [0.15, 0.2) is 0 Å². The van der Waals surface area contributed by atoms with E-state index in [1.165, 1.54) is 17.4 Å². The van der Waals surface area contributed by atoms with Crippen molar-refractivity contribution in [2.45, 2.75) is 64.1 Å². The SMILES string of the molecule is COc1ccc(CN(C(=O)Cc2ccccc2F)[C@H](C)C(=O)NC2CCCCC2)cc1. The lowest BCUT2D eigenvalue weighted by molar-refractivity contribution is -0.140. The van der Waals surface area contributed by atoms with Crippen LogP contribution in [0.2, 0.25) is 0 Å². The number of halogens is 1. The first kappa shape index (κ1) is 22.8. The van der Waals surface area contributed by atoms with E-state index in [2.05, 4.69) is 5.32 Å². The van der Waals surface area contributed by atoms with Crippen LogP contribution in [0, 0.1) is 5.82 Å². The summed E-state index contributed by atoms with van der Waals surface area (Å²) in [5.41, 5.74) is 1.20. The Morgan fingerprint density at radius 3 is 2.42 bits per heavy atom. The Balaban J connectivity index is 1.76. The van der Waals surface area contributed by atoms with E-state index in [9.17, 15) is 14.0 Å². The molecule has 1 fully saturated rings. The molecule has 0 aliphatic heterocycles. The molecule has 1 N–H and O–H groups in total. The summed E-state index contributed by atoms with van der Waals surface area (Å²) in [4.78, 5) is 27.7. The second-order valence-electron chi connectivity index (χ2n) is 8.16. The van der Waals surface area contributed by atoms with Crippen molar-refractivity contribution < 1.29 is 18.7 Å². The molecule has 0 radical (unpaired) electrons. The second-order valence-corrected chi connectivity index (χ2v) is 8.16. The summed E-state index contributed by atoms with van der Waals surface area (Å²) in [6.07, 6.45) is 5.28. The molecule has 0 heterocycles. The minimum absolute atomic E-state index is 0.0934. The van der Waals surface area contributed by atoms with Crippen molar-refractivity contribution in [3.8, 4) is 5.75 Å². The molecule has 3 rings (SSSR count). The van der Waals surface area contributed by atoms with E-state index >= 15 is 0 Å². The van der Waals surface area contributed by atoms with Crippen molar-refractivity contribution in [3.05, 3.63) is 65.5 Å². The molecule has 1 atom stereocenters. The lowest BCUT2D eigenvalue weighted by Crippen LogP contribution is -2.50. The van der Waals surface area contributed by atoms with Crippen molar-refractivity contribution >= 4 is 11.8 Å². The number of hydrogen-bond donors (Lipinski definition) is 1. The fraction of sp³-hybridized carbons (Fsp3) is 0.440. The largest absolute Gasteiger partial charge is 0.497 e. The van der Waals surface area contributed by atoms with E-state index < -0.39 is 11.9 Å². The van der Waals surface area contributed by atoms with Crippen molar-refractivity contribution in [3.63, 3.8) is 0 Å². The van der Waals surface area contributed by atoms with Crippen LogP contribution in [0.15, 0.2) is 48.5 Å². The number of rotatable bonds is 8. The van der Waals surface area contributed by atoms with Crippen LogP contribution < -0.4 is 10.1 Å². The Bertz CT molecular complexity index is 879. The van der Waals surface area contributed by atoms with Gasteiger partial charge in [0.25, 0.3) is 0 Å². The molecule has 0 spiro atoms. The number of ether oxygens (including phenoxy) is 1. The average molecular weight is 427 g/mol. The number of carbonyl (C=O) groups is 2. The van der Waals surface area contributed by atoms with E-state index in [0.717, 1.165) is 37.0 Å². The van der Waals surface area contributed by atoms with Gasteiger partial charge in [-0.3, -0.25) is 9.59 Å². The van der Waals surface area contributed by atoms with Crippen LogP contribution in [0.1, 0.15) is 50.2 Å². The number of nitrogens with zero attached hydrogens (tertiary/aromatic N) is 1. The minimum Gasteiger partial charge on any atom is -0.497 e. The summed E-state index contributed by atoms with van der Waals surface area (Å²) >= 11 is 0. The summed E-state index contributed by atoms with van der Waals surface area (Å²) in [6, 6.07) is 13.1. The lowest BCUT2D eigenvalue weighted by Gasteiger charge is -2.31. The van der Waals surface area contributed by atoms with Gasteiger partial charge in [0.2, 0.25) is 11.8 Å². The molecule has 0 bridgehead atoms. The summed E-state index contributed by atoms with van der Waals surface area (Å²) in [6.45, 7) is 2.00. The molecule has 1 aliphatic carbocycles. The molecular formula is C25H31FN2O3. The maximum absolute atomic E-state index is 14.1.